The van der Waals surface area contributed by atoms with Crippen molar-refractivity contribution in [3.63, 3.8) is 0 Å². The number of amides is 2. The number of urea groups is 1. The molecule has 0 spiro atoms. The lowest BCUT2D eigenvalue weighted by Gasteiger charge is -2.16. The van der Waals surface area contributed by atoms with Gasteiger partial charge >= 0.3 is 6.03 Å². The molecule has 1 aromatic heterocycles. The Balaban J connectivity index is 2.42. The maximum Gasteiger partial charge on any atom is 0.317 e. The van der Waals surface area contributed by atoms with Crippen LogP contribution < -0.4 is 5.32 Å². The Morgan fingerprint density at radius 2 is 2.31 bits per heavy atom. The molecule has 2 amide bonds. The lowest BCUT2D eigenvalue weighted by atomic mass is 10.3. The van der Waals surface area contributed by atoms with Gasteiger partial charge in [-0.15, -0.1) is 0 Å². The summed E-state index contributed by atoms with van der Waals surface area (Å²) in [6.45, 7) is 2.60. The molecule has 0 fully saturated rings. The number of carbonyl (C=O) groups is 1. The molecule has 16 heavy (non-hydrogen) atoms. The van der Waals surface area contributed by atoms with Gasteiger partial charge in [0.05, 0.1) is 18.8 Å². The number of pyridine rings is 1. The fraction of sp³-hybridized carbons (Fsp3) is 0.455. The molecule has 1 aromatic rings. The van der Waals surface area contributed by atoms with Crippen LogP contribution in [0.2, 0.25) is 0 Å². The molecule has 1 heterocycles. The Hall–Kier alpha value is -1.62. The van der Waals surface area contributed by atoms with E-state index in [0.717, 1.165) is 11.4 Å². The number of hydrogen-bond acceptors (Lipinski definition) is 3. The summed E-state index contributed by atoms with van der Waals surface area (Å²) in [5.74, 6) is 0. The Morgan fingerprint density at radius 1 is 1.56 bits per heavy atom. The van der Waals surface area contributed by atoms with Crippen LogP contribution in [0.5, 0.6) is 0 Å². The monoisotopic (exact) mass is 223 g/mol. The van der Waals surface area contributed by atoms with E-state index in [1.54, 1.807) is 7.05 Å². The van der Waals surface area contributed by atoms with Gasteiger partial charge in [-0.3, -0.25) is 4.98 Å². The minimum absolute atomic E-state index is 0.0351. The predicted molar refractivity (Wildman–Crippen MR) is 60.9 cm³/mol. The van der Waals surface area contributed by atoms with Crippen molar-refractivity contribution < 1.29 is 9.90 Å². The largest absolute Gasteiger partial charge is 0.395 e. The summed E-state index contributed by atoms with van der Waals surface area (Å²) in [6, 6.07) is 5.46. The molecule has 5 heteroatoms. The number of aryl methyl sites for hydroxylation is 1. The molecule has 0 unspecified atom stereocenters. The third kappa shape index (κ3) is 3.86. The van der Waals surface area contributed by atoms with E-state index in [0.29, 0.717) is 13.1 Å². The van der Waals surface area contributed by atoms with Gasteiger partial charge in [0.2, 0.25) is 0 Å². The summed E-state index contributed by atoms with van der Waals surface area (Å²) in [4.78, 5) is 17.2. The maximum absolute atomic E-state index is 11.5. The highest BCUT2D eigenvalue weighted by molar-refractivity contribution is 5.73. The van der Waals surface area contributed by atoms with Crippen LogP contribution in [0.25, 0.3) is 0 Å². The number of aliphatic hydroxyl groups excluding tert-OH is 1. The number of aromatic nitrogens is 1. The Kier molecular flexibility index (Phi) is 4.72. The molecular formula is C11H17N3O2. The second kappa shape index (κ2) is 6.07. The molecule has 0 aliphatic carbocycles. The second-order valence-corrected chi connectivity index (χ2v) is 3.57. The average molecular weight is 223 g/mol. The van der Waals surface area contributed by atoms with Crippen molar-refractivity contribution in [3.8, 4) is 0 Å². The molecular weight excluding hydrogens is 206 g/mol. The topological polar surface area (TPSA) is 65.5 Å². The molecule has 0 aliphatic rings. The lowest BCUT2D eigenvalue weighted by molar-refractivity contribution is 0.190. The summed E-state index contributed by atoms with van der Waals surface area (Å²) in [7, 11) is 1.63. The van der Waals surface area contributed by atoms with Crippen LogP contribution in [-0.2, 0) is 6.54 Å². The van der Waals surface area contributed by atoms with Crippen molar-refractivity contribution in [2.24, 2.45) is 0 Å². The Morgan fingerprint density at radius 3 is 2.94 bits per heavy atom. The van der Waals surface area contributed by atoms with E-state index in [1.807, 2.05) is 25.1 Å². The minimum Gasteiger partial charge on any atom is -0.395 e. The second-order valence-electron chi connectivity index (χ2n) is 3.57. The van der Waals surface area contributed by atoms with Gasteiger partial charge in [0.25, 0.3) is 0 Å². The Bertz CT molecular complexity index is 355. The quantitative estimate of drug-likeness (QED) is 0.782. The highest BCUT2D eigenvalue weighted by atomic mass is 16.3. The number of hydrogen-bond donors (Lipinski definition) is 2. The number of likely N-dealkylation sites (N-methyl/N-ethyl adjacent to an activating group) is 1. The smallest absolute Gasteiger partial charge is 0.317 e. The van der Waals surface area contributed by atoms with Crippen LogP contribution >= 0.6 is 0 Å². The SMILES string of the molecule is Cc1cccc(CNC(=O)N(C)CCO)n1. The van der Waals surface area contributed by atoms with Crippen molar-refractivity contribution >= 4 is 6.03 Å². The van der Waals surface area contributed by atoms with E-state index in [1.165, 1.54) is 4.90 Å². The van der Waals surface area contributed by atoms with Gasteiger partial charge in [0.1, 0.15) is 0 Å². The highest BCUT2D eigenvalue weighted by Crippen LogP contribution is 1.97. The van der Waals surface area contributed by atoms with Crippen LogP contribution in [0.3, 0.4) is 0 Å². The number of aliphatic hydroxyl groups is 1. The zero-order valence-corrected chi connectivity index (χ0v) is 9.60. The van der Waals surface area contributed by atoms with E-state index < -0.39 is 0 Å². The van der Waals surface area contributed by atoms with Gasteiger partial charge in [-0.2, -0.15) is 0 Å². The summed E-state index contributed by atoms with van der Waals surface area (Å²) < 4.78 is 0. The first kappa shape index (κ1) is 12.4. The van der Waals surface area contributed by atoms with Gasteiger partial charge in [0.15, 0.2) is 0 Å². The van der Waals surface area contributed by atoms with Gasteiger partial charge in [-0.05, 0) is 19.1 Å². The van der Waals surface area contributed by atoms with E-state index in [2.05, 4.69) is 10.3 Å². The molecule has 0 aliphatic heterocycles. The minimum atomic E-state index is -0.211. The first-order valence-corrected chi connectivity index (χ1v) is 5.16. The summed E-state index contributed by atoms with van der Waals surface area (Å²) in [5, 5.41) is 11.4. The van der Waals surface area contributed by atoms with Crippen molar-refractivity contribution in [1.29, 1.82) is 0 Å². The summed E-state index contributed by atoms with van der Waals surface area (Å²) >= 11 is 0. The number of rotatable bonds is 4. The maximum atomic E-state index is 11.5. The Labute approximate surface area is 95.1 Å². The molecule has 5 nitrogen and oxygen atoms in total. The fourth-order valence-corrected chi connectivity index (χ4v) is 1.25. The van der Waals surface area contributed by atoms with Crippen LogP contribution in [0.1, 0.15) is 11.4 Å². The molecule has 1 rings (SSSR count). The van der Waals surface area contributed by atoms with E-state index in [-0.39, 0.29) is 12.6 Å². The van der Waals surface area contributed by atoms with Crippen LogP contribution in [0.4, 0.5) is 4.79 Å². The lowest BCUT2D eigenvalue weighted by Crippen LogP contribution is -2.38. The number of nitrogens with zero attached hydrogens (tertiary/aromatic N) is 2. The van der Waals surface area contributed by atoms with Crippen molar-refractivity contribution in [3.05, 3.63) is 29.6 Å². The first-order valence-electron chi connectivity index (χ1n) is 5.16. The molecule has 0 saturated carbocycles. The predicted octanol–water partition coefficient (Wildman–Crippen LogP) is 0.524. The van der Waals surface area contributed by atoms with Gasteiger partial charge < -0.3 is 15.3 Å². The van der Waals surface area contributed by atoms with Crippen LogP contribution in [0.15, 0.2) is 18.2 Å². The third-order valence-corrected chi connectivity index (χ3v) is 2.15. The van der Waals surface area contributed by atoms with E-state index >= 15 is 0 Å². The highest BCUT2D eigenvalue weighted by Gasteiger charge is 2.06. The molecule has 2 N–H and O–H groups in total. The molecule has 0 saturated heterocycles. The zero-order valence-electron chi connectivity index (χ0n) is 9.60. The molecule has 0 aromatic carbocycles. The van der Waals surface area contributed by atoms with Gasteiger partial charge in [-0.25, -0.2) is 4.79 Å². The van der Waals surface area contributed by atoms with Crippen molar-refractivity contribution in [2.45, 2.75) is 13.5 Å². The van der Waals surface area contributed by atoms with Crippen molar-refractivity contribution in [2.75, 3.05) is 20.2 Å². The van der Waals surface area contributed by atoms with Crippen LogP contribution in [0, 0.1) is 6.92 Å². The fourth-order valence-electron chi connectivity index (χ4n) is 1.25. The van der Waals surface area contributed by atoms with Crippen molar-refractivity contribution in [1.82, 2.24) is 15.2 Å². The molecule has 88 valence electrons. The third-order valence-electron chi connectivity index (χ3n) is 2.15. The number of carbonyl (C=O) groups excluding carboxylic acids is 1. The molecule has 0 bridgehead atoms. The normalized spacial score (nSPS) is 9.94. The first-order chi connectivity index (χ1) is 7.63. The average Bonchev–Trinajstić information content (AvgIpc) is 2.26. The number of nitrogens with one attached hydrogen (secondary N) is 1. The van der Waals surface area contributed by atoms with Gasteiger partial charge in [0, 0.05) is 19.3 Å². The summed E-state index contributed by atoms with van der Waals surface area (Å²) in [6.07, 6.45) is 0. The summed E-state index contributed by atoms with van der Waals surface area (Å²) in [5.41, 5.74) is 1.75. The van der Waals surface area contributed by atoms with Crippen LogP contribution in [-0.4, -0.2) is 41.2 Å². The van der Waals surface area contributed by atoms with Gasteiger partial charge in [-0.1, -0.05) is 6.07 Å². The van der Waals surface area contributed by atoms with E-state index in [4.69, 9.17) is 5.11 Å². The zero-order chi connectivity index (χ0) is 12.0. The standard InChI is InChI=1S/C11H17N3O2/c1-9-4-3-5-10(13-9)8-12-11(16)14(2)6-7-15/h3-5,15H,6-8H2,1-2H3,(H,12,16). The van der Waals surface area contributed by atoms with E-state index in [9.17, 15) is 4.79 Å². The molecule has 0 radical (unpaired) electrons. The molecule has 0 atom stereocenters.